The molecule has 0 aromatic heterocycles. The monoisotopic (exact) mass is 282 g/mol. The molecule has 7 heteroatoms. The molecule has 7 nitrogen and oxygen atoms in total. The van der Waals surface area contributed by atoms with Gasteiger partial charge in [0.25, 0.3) is 5.91 Å². The Balaban J connectivity index is 2.69. The number of nitro groups is 1. The highest BCUT2D eigenvalue weighted by molar-refractivity contribution is 5.95. The van der Waals surface area contributed by atoms with Gasteiger partial charge in [-0.05, 0) is 31.9 Å². The molecule has 0 heterocycles. The van der Waals surface area contributed by atoms with E-state index < -0.39 is 11.0 Å². The van der Waals surface area contributed by atoms with Gasteiger partial charge in [0, 0.05) is 18.2 Å². The normalized spacial score (nSPS) is 11.8. The van der Waals surface area contributed by atoms with Crippen molar-refractivity contribution in [3.05, 3.63) is 33.9 Å². The van der Waals surface area contributed by atoms with E-state index in [-0.39, 0.29) is 22.9 Å². The molecule has 0 aliphatic rings. The number of aliphatic hydroxyl groups is 1. The first-order chi connectivity index (χ1) is 9.45. The molecule has 0 saturated carbocycles. The number of carbonyl (C=O) groups excluding carboxylic acids is 1. The van der Waals surface area contributed by atoms with Crippen LogP contribution in [0.4, 0.5) is 5.69 Å². The van der Waals surface area contributed by atoms with Gasteiger partial charge in [-0.2, -0.15) is 0 Å². The van der Waals surface area contributed by atoms with Crippen LogP contribution in [0.5, 0.6) is 5.75 Å². The molecule has 0 bridgehead atoms. The minimum Gasteiger partial charge on any atom is -0.490 e. The van der Waals surface area contributed by atoms with E-state index in [1.165, 1.54) is 25.3 Å². The molecule has 20 heavy (non-hydrogen) atoms. The van der Waals surface area contributed by atoms with Crippen molar-refractivity contribution in [2.24, 2.45) is 0 Å². The Labute approximate surface area is 116 Å². The van der Waals surface area contributed by atoms with Crippen LogP contribution >= 0.6 is 0 Å². The van der Waals surface area contributed by atoms with Crippen LogP contribution < -0.4 is 10.1 Å². The van der Waals surface area contributed by atoms with Gasteiger partial charge in [0.2, 0.25) is 0 Å². The first-order valence-corrected chi connectivity index (χ1v) is 6.24. The highest BCUT2D eigenvalue weighted by atomic mass is 16.6. The first kappa shape index (κ1) is 15.9. The van der Waals surface area contributed by atoms with Crippen molar-refractivity contribution in [2.75, 3.05) is 13.7 Å². The summed E-state index contributed by atoms with van der Waals surface area (Å²) in [6, 6.07) is 4.04. The molecule has 1 atom stereocenters. The van der Waals surface area contributed by atoms with E-state index in [2.05, 4.69) is 5.32 Å². The maximum atomic E-state index is 11.8. The predicted octanol–water partition coefficient (Wildman–Crippen LogP) is 1.49. The summed E-state index contributed by atoms with van der Waals surface area (Å²) in [4.78, 5) is 22.1. The second-order valence-electron chi connectivity index (χ2n) is 4.39. The molecule has 1 aromatic rings. The predicted molar refractivity (Wildman–Crippen MR) is 72.9 cm³/mol. The van der Waals surface area contributed by atoms with Gasteiger partial charge in [-0.15, -0.1) is 0 Å². The summed E-state index contributed by atoms with van der Waals surface area (Å²) >= 11 is 0. The second-order valence-corrected chi connectivity index (χ2v) is 4.39. The molecule has 1 amide bonds. The Hall–Kier alpha value is -2.15. The Bertz CT molecular complexity index is 488. The Morgan fingerprint density at radius 3 is 2.80 bits per heavy atom. The van der Waals surface area contributed by atoms with Crippen LogP contribution in [0, 0.1) is 10.1 Å². The number of aliphatic hydroxyl groups excluding tert-OH is 1. The van der Waals surface area contributed by atoms with Crippen LogP contribution in [-0.2, 0) is 0 Å². The molecular formula is C13H18N2O5. The maximum Gasteiger partial charge on any atom is 0.311 e. The largest absolute Gasteiger partial charge is 0.490 e. The van der Waals surface area contributed by atoms with Crippen molar-refractivity contribution in [1.82, 2.24) is 5.32 Å². The number of ether oxygens (including phenoxy) is 1. The number of hydrogen-bond acceptors (Lipinski definition) is 5. The van der Waals surface area contributed by atoms with Gasteiger partial charge >= 0.3 is 5.69 Å². The van der Waals surface area contributed by atoms with Crippen LogP contribution in [0.25, 0.3) is 0 Å². The molecule has 0 radical (unpaired) electrons. The zero-order valence-electron chi connectivity index (χ0n) is 11.5. The number of nitrogens with zero attached hydrogens (tertiary/aromatic N) is 1. The van der Waals surface area contributed by atoms with Crippen molar-refractivity contribution in [2.45, 2.75) is 25.9 Å². The van der Waals surface area contributed by atoms with Crippen molar-refractivity contribution < 1.29 is 19.6 Å². The van der Waals surface area contributed by atoms with E-state index in [0.717, 1.165) is 0 Å². The van der Waals surface area contributed by atoms with Gasteiger partial charge in [0.1, 0.15) is 0 Å². The van der Waals surface area contributed by atoms with E-state index in [1.54, 1.807) is 6.92 Å². The average Bonchev–Trinajstić information content (AvgIpc) is 2.42. The molecule has 1 unspecified atom stereocenters. The van der Waals surface area contributed by atoms with Crippen LogP contribution in [0.2, 0.25) is 0 Å². The molecule has 110 valence electrons. The lowest BCUT2D eigenvalue weighted by atomic mass is 10.1. The van der Waals surface area contributed by atoms with Gasteiger partial charge in [-0.1, -0.05) is 0 Å². The van der Waals surface area contributed by atoms with E-state index in [0.29, 0.717) is 19.4 Å². The van der Waals surface area contributed by atoms with E-state index >= 15 is 0 Å². The molecule has 0 spiro atoms. The Morgan fingerprint density at radius 1 is 1.55 bits per heavy atom. The molecule has 0 saturated heterocycles. The topological polar surface area (TPSA) is 102 Å². The number of methoxy groups -OCH3 is 1. The third-order valence-electron chi connectivity index (χ3n) is 2.72. The summed E-state index contributed by atoms with van der Waals surface area (Å²) in [5.74, 6) is -0.276. The summed E-state index contributed by atoms with van der Waals surface area (Å²) in [5, 5.41) is 22.6. The summed E-state index contributed by atoms with van der Waals surface area (Å²) in [6.45, 7) is 2.08. The molecule has 0 aliphatic heterocycles. The van der Waals surface area contributed by atoms with Crippen LogP contribution in [0.15, 0.2) is 18.2 Å². The third-order valence-corrected chi connectivity index (χ3v) is 2.72. The Kier molecular flexibility index (Phi) is 5.92. The first-order valence-electron chi connectivity index (χ1n) is 6.24. The lowest BCUT2D eigenvalue weighted by molar-refractivity contribution is -0.385. The molecule has 1 aromatic carbocycles. The fourth-order valence-corrected chi connectivity index (χ4v) is 1.68. The van der Waals surface area contributed by atoms with E-state index in [9.17, 15) is 14.9 Å². The number of benzene rings is 1. The lowest BCUT2D eigenvalue weighted by Gasteiger charge is -2.07. The smallest absolute Gasteiger partial charge is 0.311 e. The van der Waals surface area contributed by atoms with Crippen molar-refractivity contribution in [3.63, 3.8) is 0 Å². The third kappa shape index (κ3) is 4.51. The SMILES string of the molecule is COc1ccc(C(=O)NCCCC(C)O)cc1[N+](=O)[O-]. The lowest BCUT2D eigenvalue weighted by Crippen LogP contribution is -2.25. The Morgan fingerprint density at radius 2 is 2.25 bits per heavy atom. The number of carbonyl (C=O) groups is 1. The zero-order chi connectivity index (χ0) is 15.1. The van der Waals surface area contributed by atoms with Crippen LogP contribution in [-0.4, -0.2) is 35.7 Å². The molecule has 1 rings (SSSR count). The standard InChI is InChI=1S/C13H18N2O5/c1-9(16)4-3-7-14-13(17)10-5-6-12(20-2)11(8-10)15(18)19/h5-6,8-9,16H,3-4,7H2,1-2H3,(H,14,17). The molecular weight excluding hydrogens is 264 g/mol. The number of nitro benzene ring substituents is 1. The maximum absolute atomic E-state index is 11.8. The molecule has 2 N–H and O–H groups in total. The van der Waals surface area contributed by atoms with Crippen molar-refractivity contribution in [3.8, 4) is 5.75 Å². The highest BCUT2D eigenvalue weighted by Crippen LogP contribution is 2.27. The zero-order valence-corrected chi connectivity index (χ0v) is 11.5. The van der Waals surface area contributed by atoms with Crippen molar-refractivity contribution in [1.29, 1.82) is 0 Å². The van der Waals surface area contributed by atoms with Gasteiger partial charge in [-0.25, -0.2) is 0 Å². The summed E-state index contributed by atoms with van der Waals surface area (Å²) < 4.78 is 4.87. The van der Waals surface area contributed by atoms with Crippen molar-refractivity contribution >= 4 is 11.6 Å². The minimum atomic E-state index is -0.594. The minimum absolute atomic E-state index is 0.112. The number of rotatable bonds is 7. The van der Waals surface area contributed by atoms with Gasteiger partial charge in [0.15, 0.2) is 5.75 Å². The average molecular weight is 282 g/mol. The second kappa shape index (κ2) is 7.44. The summed E-state index contributed by atoms with van der Waals surface area (Å²) in [6.07, 6.45) is 0.819. The molecule has 0 aliphatic carbocycles. The summed E-state index contributed by atoms with van der Waals surface area (Å²) in [5.41, 5.74) is -0.0429. The van der Waals surface area contributed by atoms with Gasteiger partial charge in [-0.3, -0.25) is 14.9 Å². The van der Waals surface area contributed by atoms with E-state index in [4.69, 9.17) is 9.84 Å². The summed E-state index contributed by atoms with van der Waals surface area (Å²) in [7, 11) is 1.33. The van der Waals surface area contributed by atoms with Crippen LogP contribution in [0.1, 0.15) is 30.1 Å². The number of nitrogens with one attached hydrogen (secondary N) is 1. The fourth-order valence-electron chi connectivity index (χ4n) is 1.68. The van der Waals surface area contributed by atoms with E-state index in [1.807, 2.05) is 0 Å². The number of hydrogen-bond donors (Lipinski definition) is 2. The molecule has 0 fully saturated rings. The van der Waals surface area contributed by atoms with Gasteiger partial charge in [0.05, 0.1) is 18.1 Å². The van der Waals surface area contributed by atoms with Gasteiger partial charge < -0.3 is 15.2 Å². The van der Waals surface area contributed by atoms with Crippen LogP contribution in [0.3, 0.4) is 0 Å². The highest BCUT2D eigenvalue weighted by Gasteiger charge is 2.17. The number of amides is 1. The quantitative estimate of drug-likeness (QED) is 0.448. The fraction of sp³-hybridized carbons (Fsp3) is 0.462.